The summed E-state index contributed by atoms with van der Waals surface area (Å²) in [4.78, 5) is 10.3. The van der Waals surface area contributed by atoms with Gasteiger partial charge in [-0.1, -0.05) is 12.1 Å². The maximum absolute atomic E-state index is 13.9. The number of aromatic nitrogens is 2. The van der Waals surface area contributed by atoms with Gasteiger partial charge in [0, 0.05) is 4.88 Å². The molecule has 0 aliphatic rings. The van der Waals surface area contributed by atoms with E-state index in [2.05, 4.69) is 15.3 Å². The number of nitrogen functional groups attached to an aromatic ring is 1. The van der Waals surface area contributed by atoms with Crippen molar-refractivity contribution in [3.8, 4) is 0 Å². The normalized spacial score (nSPS) is 10.9. The van der Waals surface area contributed by atoms with E-state index in [9.17, 15) is 4.39 Å². The predicted molar refractivity (Wildman–Crippen MR) is 81.0 cm³/mol. The molecule has 0 saturated carbocycles. The summed E-state index contributed by atoms with van der Waals surface area (Å²) in [5.41, 5.74) is 6.93. The number of nitrogens with two attached hydrogens (primary N) is 1. The van der Waals surface area contributed by atoms with Gasteiger partial charge in [0.2, 0.25) is 5.95 Å². The minimum atomic E-state index is -0.317. The van der Waals surface area contributed by atoms with E-state index in [-0.39, 0.29) is 11.8 Å². The number of nitrogens with one attached hydrogen (secondary N) is 1. The molecule has 2 aromatic heterocycles. The minimum absolute atomic E-state index is 0.177. The summed E-state index contributed by atoms with van der Waals surface area (Å²) in [7, 11) is 0. The fourth-order valence-electron chi connectivity index (χ4n) is 2.06. The summed E-state index contributed by atoms with van der Waals surface area (Å²) in [6.07, 6.45) is 0. The second kappa shape index (κ2) is 4.72. The van der Waals surface area contributed by atoms with Crippen molar-refractivity contribution in [2.24, 2.45) is 0 Å². The van der Waals surface area contributed by atoms with Gasteiger partial charge < -0.3 is 11.1 Å². The van der Waals surface area contributed by atoms with Gasteiger partial charge in [0.05, 0.1) is 11.1 Å². The third kappa shape index (κ3) is 2.18. The molecule has 0 aliphatic carbocycles. The summed E-state index contributed by atoms with van der Waals surface area (Å²) in [6.45, 7) is 3.83. The van der Waals surface area contributed by atoms with Crippen molar-refractivity contribution in [3.05, 3.63) is 40.5 Å². The second-order valence-corrected chi connectivity index (χ2v) is 5.80. The van der Waals surface area contributed by atoms with E-state index in [4.69, 9.17) is 5.73 Å². The van der Waals surface area contributed by atoms with Crippen LogP contribution in [0.4, 0.5) is 21.8 Å². The Balaban J connectivity index is 2.15. The number of nitrogens with zero attached hydrogens (tertiary/aromatic N) is 2. The van der Waals surface area contributed by atoms with Crippen molar-refractivity contribution < 1.29 is 4.39 Å². The number of halogens is 1. The Bertz CT molecular complexity index is 777. The van der Waals surface area contributed by atoms with Crippen molar-refractivity contribution in [2.75, 3.05) is 11.1 Å². The maximum Gasteiger partial charge on any atom is 0.223 e. The molecule has 3 N–H and O–H groups in total. The zero-order chi connectivity index (χ0) is 14.3. The number of anilines is 3. The molecule has 2 heterocycles. The Morgan fingerprint density at radius 3 is 2.80 bits per heavy atom. The molecule has 0 atom stereocenters. The van der Waals surface area contributed by atoms with Gasteiger partial charge >= 0.3 is 0 Å². The monoisotopic (exact) mass is 288 g/mol. The highest BCUT2D eigenvalue weighted by atomic mass is 32.1. The van der Waals surface area contributed by atoms with Gasteiger partial charge in [-0.3, -0.25) is 0 Å². The van der Waals surface area contributed by atoms with Gasteiger partial charge in [-0.25, -0.2) is 9.37 Å². The molecule has 0 amide bonds. The molecule has 0 radical (unpaired) electrons. The molecule has 3 aromatic rings. The quantitative estimate of drug-likeness (QED) is 0.753. The predicted octanol–water partition coefficient (Wildman–Crippen LogP) is 3.77. The highest BCUT2D eigenvalue weighted by Crippen LogP contribution is 2.32. The van der Waals surface area contributed by atoms with Gasteiger partial charge in [-0.05, 0) is 31.5 Å². The fraction of sp³-hybridized carbons (Fsp3) is 0.143. The van der Waals surface area contributed by atoms with E-state index in [0.29, 0.717) is 11.5 Å². The number of benzene rings is 1. The number of rotatable bonds is 2. The first-order valence-corrected chi connectivity index (χ1v) is 6.92. The molecule has 0 saturated heterocycles. The Hall–Kier alpha value is -2.21. The highest BCUT2D eigenvalue weighted by Gasteiger charge is 2.12. The lowest BCUT2D eigenvalue weighted by Crippen LogP contribution is -2.02. The van der Waals surface area contributed by atoms with Crippen molar-refractivity contribution in [3.63, 3.8) is 0 Å². The minimum Gasteiger partial charge on any atom is -0.368 e. The van der Waals surface area contributed by atoms with Crippen LogP contribution in [-0.4, -0.2) is 9.97 Å². The number of para-hydroxylation sites is 1. The molecular formula is C14H13FN4S. The van der Waals surface area contributed by atoms with Gasteiger partial charge in [-0.2, -0.15) is 4.98 Å². The summed E-state index contributed by atoms with van der Waals surface area (Å²) in [5.74, 6) is 0.392. The molecule has 0 bridgehead atoms. The van der Waals surface area contributed by atoms with Crippen molar-refractivity contribution in [1.82, 2.24) is 9.97 Å². The fourth-order valence-corrected chi connectivity index (χ4v) is 2.95. The topological polar surface area (TPSA) is 63.8 Å². The van der Waals surface area contributed by atoms with E-state index >= 15 is 0 Å². The molecule has 0 spiro atoms. The summed E-state index contributed by atoms with van der Waals surface area (Å²) < 4.78 is 13.9. The Kier molecular flexibility index (Phi) is 3.02. The largest absolute Gasteiger partial charge is 0.368 e. The van der Waals surface area contributed by atoms with Crippen LogP contribution in [0, 0.1) is 19.7 Å². The van der Waals surface area contributed by atoms with Crippen LogP contribution in [-0.2, 0) is 0 Å². The average Bonchev–Trinajstić information content (AvgIpc) is 2.74. The number of aryl methyl sites for hydroxylation is 2. The molecule has 20 heavy (non-hydrogen) atoms. The molecule has 6 heteroatoms. The van der Waals surface area contributed by atoms with E-state index < -0.39 is 0 Å². The summed E-state index contributed by atoms with van der Waals surface area (Å²) in [5, 5.41) is 3.89. The van der Waals surface area contributed by atoms with Crippen LogP contribution in [0.2, 0.25) is 0 Å². The average molecular weight is 288 g/mol. The number of fused-ring (bicyclic) bond motifs is 1. The molecule has 3 rings (SSSR count). The maximum atomic E-state index is 13.9. The Morgan fingerprint density at radius 2 is 2.05 bits per heavy atom. The molecule has 0 aliphatic heterocycles. The molecule has 0 unspecified atom stereocenters. The highest BCUT2D eigenvalue weighted by molar-refractivity contribution is 7.18. The standard InChI is InChI=1S/C14H13FN4S/c1-7-4-3-5-10(15)11(7)17-12-9-6-8(2)20-13(9)19-14(16)18-12/h3-6H,1-2H3,(H3,16,17,18,19). The second-order valence-electron chi connectivity index (χ2n) is 4.56. The third-order valence-corrected chi connectivity index (χ3v) is 3.94. The lowest BCUT2D eigenvalue weighted by molar-refractivity contribution is 0.631. The van der Waals surface area contributed by atoms with Gasteiger partial charge in [0.1, 0.15) is 16.5 Å². The van der Waals surface area contributed by atoms with Crippen LogP contribution >= 0.6 is 11.3 Å². The number of thiophene rings is 1. The van der Waals surface area contributed by atoms with Gasteiger partial charge in [-0.15, -0.1) is 11.3 Å². The van der Waals surface area contributed by atoms with E-state index in [1.54, 1.807) is 6.07 Å². The third-order valence-electron chi connectivity index (χ3n) is 3.00. The smallest absolute Gasteiger partial charge is 0.223 e. The molecule has 102 valence electrons. The summed E-state index contributed by atoms with van der Waals surface area (Å²) in [6, 6.07) is 6.90. The first-order valence-electron chi connectivity index (χ1n) is 6.10. The zero-order valence-corrected chi connectivity index (χ0v) is 11.9. The first-order chi connectivity index (χ1) is 9.54. The van der Waals surface area contributed by atoms with Crippen molar-refractivity contribution >= 4 is 39.0 Å². The molecule has 4 nitrogen and oxygen atoms in total. The lowest BCUT2D eigenvalue weighted by Gasteiger charge is -2.10. The van der Waals surface area contributed by atoms with E-state index in [1.807, 2.05) is 26.0 Å². The Labute approximate surface area is 119 Å². The SMILES string of the molecule is Cc1cc2c(Nc3c(C)cccc3F)nc(N)nc2s1. The molecule has 0 fully saturated rings. The van der Waals surface area contributed by atoms with E-state index in [1.165, 1.54) is 17.4 Å². The van der Waals surface area contributed by atoms with Crippen LogP contribution in [0.5, 0.6) is 0 Å². The number of hydrogen-bond donors (Lipinski definition) is 2. The summed E-state index contributed by atoms with van der Waals surface area (Å²) >= 11 is 1.53. The number of hydrogen-bond acceptors (Lipinski definition) is 5. The van der Waals surface area contributed by atoms with Crippen LogP contribution < -0.4 is 11.1 Å². The van der Waals surface area contributed by atoms with Crippen LogP contribution in [0.3, 0.4) is 0 Å². The first kappa shape index (κ1) is 12.8. The Morgan fingerprint density at radius 1 is 1.25 bits per heavy atom. The van der Waals surface area contributed by atoms with E-state index in [0.717, 1.165) is 20.7 Å². The van der Waals surface area contributed by atoms with Crippen LogP contribution in [0.15, 0.2) is 24.3 Å². The zero-order valence-electron chi connectivity index (χ0n) is 11.1. The van der Waals surface area contributed by atoms with Crippen LogP contribution in [0.25, 0.3) is 10.2 Å². The molecular weight excluding hydrogens is 275 g/mol. The van der Waals surface area contributed by atoms with Crippen molar-refractivity contribution in [1.29, 1.82) is 0 Å². The van der Waals surface area contributed by atoms with Gasteiger partial charge in [0.15, 0.2) is 0 Å². The van der Waals surface area contributed by atoms with Crippen molar-refractivity contribution in [2.45, 2.75) is 13.8 Å². The lowest BCUT2D eigenvalue weighted by atomic mass is 10.2. The van der Waals surface area contributed by atoms with Crippen LogP contribution in [0.1, 0.15) is 10.4 Å². The molecule has 1 aromatic carbocycles. The van der Waals surface area contributed by atoms with Gasteiger partial charge in [0.25, 0.3) is 0 Å².